The highest BCUT2D eigenvalue weighted by molar-refractivity contribution is 7.91. The number of sulfone groups is 1. The highest BCUT2D eigenvalue weighted by atomic mass is 32.2. The summed E-state index contributed by atoms with van der Waals surface area (Å²) in [5.74, 6) is 0.0781. The zero-order valence-corrected chi connectivity index (χ0v) is 12.2. The average molecular weight is 277 g/mol. The summed E-state index contributed by atoms with van der Waals surface area (Å²) in [5, 5.41) is 3.66. The van der Waals surface area contributed by atoms with Crippen LogP contribution in [0.3, 0.4) is 0 Å². The zero-order chi connectivity index (χ0) is 13.3. The molecule has 0 aliphatic carbocycles. The summed E-state index contributed by atoms with van der Waals surface area (Å²) in [6.07, 6.45) is 2.14. The van der Waals surface area contributed by atoms with Crippen molar-refractivity contribution in [2.45, 2.75) is 32.1 Å². The third-order valence-corrected chi connectivity index (χ3v) is 4.83. The lowest BCUT2D eigenvalue weighted by Gasteiger charge is -2.23. The minimum Gasteiger partial charge on any atom is -0.382 e. The lowest BCUT2D eigenvalue weighted by molar-refractivity contribution is 0.377. The molecule has 0 amide bonds. The van der Waals surface area contributed by atoms with Crippen molar-refractivity contribution in [3.63, 3.8) is 0 Å². The van der Waals surface area contributed by atoms with Crippen molar-refractivity contribution >= 4 is 32.2 Å². The van der Waals surface area contributed by atoms with Crippen molar-refractivity contribution in [1.82, 2.24) is 4.37 Å². The molecule has 1 rings (SSSR count). The standard InChI is InChI=1S/C10H19N3O2S2/c1-5-10(2,3)6-12-9-7(17(4,14)15)8(11)13-16-9/h12H,5-6H2,1-4H3,(H2,11,13). The molecule has 5 nitrogen and oxygen atoms in total. The first kappa shape index (κ1) is 14.2. The maximum Gasteiger partial charge on any atom is 0.182 e. The van der Waals surface area contributed by atoms with E-state index in [1.807, 2.05) is 0 Å². The molecule has 1 aromatic rings. The molecule has 0 aliphatic heterocycles. The molecule has 0 saturated heterocycles. The molecule has 0 aromatic carbocycles. The van der Waals surface area contributed by atoms with Gasteiger partial charge in [-0.25, -0.2) is 8.42 Å². The molecule has 1 aromatic heterocycles. The van der Waals surface area contributed by atoms with Gasteiger partial charge in [0, 0.05) is 12.8 Å². The van der Waals surface area contributed by atoms with Gasteiger partial charge in [0.25, 0.3) is 0 Å². The summed E-state index contributed by atoms with van der Waals surface area (Å²) >= 11 is 1.09. The van der Waals surface area contributed by atoms with Crippen LogP contribution < -0.4 is 11.1 Å². The Morgan fingerprint density at radius 3 is 2.53 bits per heavy atom. The molecular weight excluding hydrogens is 258 g/mol. The summed E-state index contributed by atoms with van der Waals surface area (Å²) in [6.45, 7) is 7.02. The van der Waals surface area contributed by atoms with Gasteiger partial charge in [0.1, 0.15) is 9.90 Å². The van der Waals surface area contributed by atoms with Crippen molar-refractivity contribution in [2.75, 3.05) is 23.9 Å². The predicted octanol–water partition coefficient (Wildman–Crippen LogP) is 1.98. The molecule has 17 heavy (non-hydrogen) atoms. The van der Waals surface area contributed by atoms with Crippen LogP contribution in [-0.4, -0.2) is 25.6 Å². The largest absolute Gasteiger partial charge is 0.382 e. The Hall–Kier alpha value is -0.820. The van der Waals surface area contributed by atoms with Crippen molar-refractivity contribution in [2.24, 2.45) is 5.41 Å². The highest BCUT2D eigenvalue weighted by Crippen LogP contribution is 2.32. The summed E-state index contributed by atoms with van der Waals surface area (Å²) in [5.41, 5.74) is 5.68. The van der Waals surface area contributed by atoms with Gasteiger partial charge in [0.05, 0.1) is 0 Å². The number of rotatable bonds is 5. The minimum atomic E-state index is -3.33. The lowest BCUT2D eigenvalue weighted by atomic mass is 9.90. The normalized spacial score (nSPS) is 12.7. The first-order valence-corrected chi connectivity index (χ1v) is 8.03. The summed E-state index contributed by atoms with van der Waals surface area (Å²) < 4.78 is 27.0. The number of nitrogens with zero attached hydrogens (tertiary/aromatic N) is 1. The molecule has 0 fully saturated rings. The molecule has 1 heterocycles. The monoisotopic (exact) mass is 277 g/mol. The number of nitrogens with two attached hydrogens (primary N) is 1. The van der Waals surface area contributed by atoms with E-state index in [2.05, 4.69) is 30.5 Å². The second kappa shape index (κ2) is 4.81. The van der Waals surface area contributed by atoms with Crippen LogP contribution in [0.4, 0.5) is 10.8 Å². The molecular formula is C10H19N3O2S2. The summed E-state index contributed by atoms with van der Waals surface area (Å²) in [4.78, 5) is 0.120. The van der Waals surface area contributed by atoms with E-state index >= 15 is 0 Å². The van der Waals surface area contributed by atoms with Crippen LogP contribution in [-0.2, 0) is 9.84 Å². The van der Waals surface area contributed by atoms with E-state index in [9.17, 15) is 8.42 Å². The van der Waals surface area contributed by atoms with Crippen molar-refractivity contribution in [3.05, 3.63) is 0 Å². The van der Waals surface area contributed by atoms with Gasteiger partial charge in [-0.1, -0.05) is 20.8 Å². The van der Waals surface area contributed by atoms with E-state index < -0.39 is 9.84 Å². The third kappa shape index (κ3) is 3.57. The number of hydrogen-bond donors (Lipinski definition) is 2. The van der Waals surface area contributed by atoms with Gasteiger partial charge < -0.3 is 11.1 Å². The van der Waals surface area contributed by atoms with Crippen molar-refractivity contribution < 1.29 is 8.42 Å². The molecule has 0 atom stereocenters. The molecule has 0 unspecified atom stereocenters. The highest BCUT2D eigenvalue weighted by Gasteiger charge is 2.23. The first-order valence-electron chi connectivity index (χ1n) is 5.36. The van der Waals surface area contributed by atoms with Crippen LogP contribution in [0.25, 0.3) is 0 Å². The Balaban J connectivity index is 2.95. The van der Waals surface area contributed by atoms with Crippen molar-refractivity contribution in [3.8, 4) is 0 Å². The van der Waals surface area contributed by atoms with E-state index in [0.717, 1.165) is 24.2 Å². The quantitative estimate of drug-likeness (QED) is 0.859. The Labute approximate surface area is 107 Å². The molecule has 0 aliphatic rings. The smallest absolute Gasteiger partial charge is 0.182 e. The Kier molecular flexibility index (Phi) is 4.03. The minimum absolute atomic E-state index is 0.0781. The number of anilines is 2. The molecule has 0 saturated carbocycles. The second-order valence-electron chi connectivity index (χ2n) is 4.87. The van der Waals surface area contributed by atoms with E-state index in [0.29, 0.717) is 11.5 Å². The van der Waals surface area contributed by atoms with E-state index in [-0.39, 0.29) is 16.1 Å². The number of nitrogens with one attached hydrogen (secondary N) is 1. The van der Waals surface area contributed by atoms with Gasteiger partial charge in [0.15, 0.2) is 15.7 Å². The van der Waals surface area contributed by atoms with Crippen LogP contribution in [0.1, 0.15) is 27.2 Å². The van der Waals surface area contributed by atoms with Crippen LogP contribution in [0.2, 0.25) is 0 Å². The predicted molar refractivity (Wildman–Crippen MR) is 72.2 cm³/mol. The second-order valence-corrected chi connectivity index (χ2v) is 7.60. The van der Waals surface area contributed by atoms with E-state index in [1.165, 1.54) is 0 Å². The van der Waals surface area contributed by atoms with Crippen molar-refractivity contribution in [1.29, 1.82) is 0 Å². The van der Waals surface area contributed by atoms with Gasteiger partial charge in [-0.2, -0.15) is 4.37 Å². The van der Waals surface area contributed by atoms with Gasteiger partial charge in [0.2, 0.25) is 0 Å². The van der Waals surface area contributed by atoms with Gasteiger partial charge in [-0.05, 0) is 23.4 Å². The van der Waals surface area contributed by atoms with E-state index in [4.69, 9.17) is 5.73 Å². The fraction of sp³-hybridized carbons (Fsp3) is 0.700. The fourth-order valence-electron chi connectivity index (χ4n) is 1.21. The first-order chi connectivity index (χ1) is 7.67. The number of aromatic nitrogens is 1. The number of nitrogen functional groups attached to an aromatic ring is 1. The van der Waals surface area contributed by atoms with Gasteiger partial charge in [-0.15, -0.1) is 0 Å². The lowest BCUT2D eigenvalue weighted by Crippen LogP contribution is -2.22. The third-order valence-electron chi connectivity index (χ3n) is 2.73. The van der Waals surface area contributed by atoms with E-state index in [1.54, 1.807) is 0 Å². The Bertz CT molecular complexity index is 492. The molecule has 0 radical (unpaired) electrons. The van der Waals surface area contributed by atoms with Crippen LogP contribution in [0.5, 0.6) is 0 Å². The average Bonchev–Trinajstić information content (AvgIpc) is 2.56. The van der Waals surface area contributed by atoms with Gasteiger partial charge >= 0.3 is 0 Å². The molecule has 98 valence electrons. The van der Waals surface area contributed by atoms with Crippen LogP contribution in [0.15, 0.2) is 4.90 Å². The molecule has 0 bridgehead atoms. The molecule has 7 heteroatoms. The summed E-state index contributed by atoms with van der Waals surface area (Å²) in [7, 11) is -3.33. The topological polar surface area (TPSA) is 85.1 Å². The van der Waals surface area contributed by atoms with Crippen LogP contribution >= 0.6 is 11.5 Å². The molecule has 0 spiro atoms. The fourth-order valence-corrected chi connectivity index (χ4v) is 3.27. The molecule has 3 N–H and O–H groups in total. The summed E-state index contributed by atoms with van der Waals surface area (Å²) in [6, 6.07) is 0. The number of hydrogen-bond acceptors (Lipinski definition) is 6. The zero-order valence-electron chi connectivity index (χ0n) is 10.6. The SMILES string of the molecule is CCC(C)(C)CNc1snc(N)c1S(C)(=O)=O. The maximum atomic E-state index is 11.6. The van der Waals surface area contributed by atoms with Crippen LogP contribution in [0, 0.1) is 5.41 Å². The van der Waals surface area contributed by atoms with Gasteiger partial charge in [-0.3, -0.25) is 0 Å². The Morgan fingerprint density at radius 1 is 1.47 bits per heavy atom. The maximum absolute atomic E-state index is 11.6. The Morgan fingerprint density at radius 2 is 2.06 bits per heavy atom.